The average molecular weight is 550 g/mol. The minimum absolute atomic E-state index is 0.147. The molecule has 15 heteroatoms. The molecule has 38 heavy (non-hydrogen) atoms. The Morgan fingerprint density at radius 3 is 2.32 bits per heavy atom. The first-order chi connectivity index (χ1) is 17.6. The molecule has 2 atom stereocenters. The summed E-state index contributed by atoms with van der Waals surface area (Å²) in [5.74, 6) is -11.2. The van der Waals surface area contributed by atoms with Gasteiger partial charge in [-0.2, -0.15) is 22.0 Å². The van der Waals surface area contributed by atoms with Gasteiger partial charge in [0, 0.05) is 31.4 Å². The lowest BCUT2D eigenvalue weighted by molar-refractivity contribution is -0.290. The highest BCUT2D eigenvalue weighted by Crippen LogP contribution is 2.38. The summed E-state index contributed by atoms with van der Waals surface area (Å²) in [5, 5.41) is 10.8. The fraction of sp³-hybridized carbons (Fsp3) is 0.348. The molecule has 0 saturated carbocycles. The quantitative estimate of drug-likeness (QED) is 0.474. The predicted molar refractivity (Wildman–Crippen MR) is 118 cm³/mol. The number of rotatable bonds is 5. The number of aromatic nitrogens is 2. The summed E-state index contributed by atoms with van der Waals surface area (Å²) in [4.78, 5) is 31.6. The minimum Gasteiger partial charge on any atom is -0.391 e. The molecule has 3 heterocycles. The molecule has 3 aromatic rings. The van der Waals surface area contributed by atoms with E-state index in [0.29, 0.717) is 42.8 Å². The number of fused-ring (bicyclic) bond motifs is 1. The largest absolute Gasteiger partial charge is 0.455 e. The van der Waals surface area contributed by atoms with Gasteiger partial charge in [-0.3, -0.25) is 14.2 Å². The zero-order valence-corrected chi connectivity index (χ0v) is 19.3. The van der Waals surface area contributed by atoms with Crippen molar-refractivity contribution in [2.24, 2.45) is 0 Å². The number of anilines is 1. The molecule has 4 rings (SSSR count). The van der Waals surface area contributed by atoms with Crippen molar-refractivity contribution in [3.05, 3.63) is 63.7 Å². The Kier molecular flexibility index (Phi) is 6.84. The van der Waals surface area contributed by atoms with Crippen molar-refractivity contribution in [2.75, 3.05) is 18.0 Å². The van der Waals surface area contributed by atoms with Crippen LogP contribution in [0.4, 0.5) is 40.9 Å². The second kappa shape index (κ2) is 9.53. The molecular weight excluding hydrogens is 532 g/mol. The van der Waals surface area contributed by atoms with Crippen molar-refractivity contribution in [1.29, 1.82) is 0 Å². The van der Waals surface area contributed by atoms with Crippen molar-refractivity contribution < 1.29 is 45.0 Å². The average Bonchev–Trinajstić information content (AvgIpc) is 3.25. The van der Waals surface area contributed by atoms with Gasteiger partial charge in [0.25, 0.3) is 5.91 Å². The second-order valence-electron chi connectivity index (χ2n) is 8.70. The molecule has 0 aliphatic carbocycles. The van der Waals surface area contributed by atoms with Crippen LogP contribution in [0.3, 0.4) is 0 Å². The minimum atomic E-state index is -6.02. The number of aliphatic hydroxyl groups is 1. The lowest BCUT2D eigenvalue weighted by Gasteiger charge is -2.26. The van der Waals surface area contributed by atoms with Gasteiger partial charge in [-0.15, -0.1) is 0 Å². The fourth-order valence-electron chi connectivity index (χ4n) is 4.03. The molecular formula is C23H18F8N4O3. The number of hydrogen-bond acceptors (Lipinski definition) is 5. The van der Waals surface area contributed by atoms with Crippen LogP contribution in [0.15, 0.2) is 35.3 Å². The smallest absolute Gasteiger partial charge is 0.391 e. The number of benzene rings is 1. The van der Waals surface area contributed by atoms with Crippen LogP contribution < -0.4 is 15.6 Å². The van der Waals surface area contributed by atoms with Crippen molar-refractivity contribution in [3.63, 3.8) is 0 Å². The van der Waals surface area contributed by atoms with E-state index in [1.165, 1.54) is 11.4 Å². The van der Waals surface area contributed by atoms with Crippen molar-refractivity contribution in [2.45, 2.75) is 37.6 Å². The number of β-amino-alcohol motifs (C(OH)–C–C–N with tert-alkyl or cyclic N) is 1. The van der Waals surface area contributed by atoms with E-state index in [9.17, 15) is 49.8 Å². The monoisotopic (exact) mass is 550 g/mol. The maximum Gasteiger partial charge on any atom is 0.455 e. The molecule has 204 valence electrons. The van der Waals surface area contributed by atoms with E-state index in [4.69, 9.17) is 0 Å². The van der Waals surface area contributed by atoms with E-state index in [2.05, 4.69) is 4.98 Å². The van der Waals surface area contributed by atoms with Gasteiger partial charge in [0.1, 0.15) is 22.9 Å². The lowest BCUT2D eigenvalue weighted by atomic mass is 10.1. The molecule has 1 aliphatic heterocycles. The number of halogens is 8. The number of alkyl halides is 5. The number of hydrogen-bond donors (Lipinski definition) is 2. The van der Waals surface area contributed by atoms with E-state index in [1.807, 2.05) is 0 Å². The Balaban J connectivity index is 1.91. The van der Waals surface area contributed by atoms with Gasteiger partial charge in [-0.1, -0.05) is 0 Å². The maximum absolute atomic E-state index is 14.7. The van der Waals surface area contributed by atoms with Gasteiger partial charge in [0.2, 0.25) is 5.43 Å². The van der Waals surface area contributed by atoms with E-state index in [0.717, 1.165) is 6.07 Å². The third kappa shape index (κ3) is 4.77. The third-order valence-corrected chi connectivity index (χ3v) is 6.06. The lowest BCUT2D eigenvalue weighted by Crippen LogP contribution is -2.54. The Morgan fingerprint density at radius 1 is 1.13 bits per heavy atom. The highest BCUT2D eigenvalue weighted by atomic mass is 19.4. The molecule has 0 radical (unpaired) electrons. The van der Waals surface area contributed by atoms with Gasteiger partial charge in [0.05, 0.1) is 17.5 Å². The number of aliphatic hydroxyl groups excluding tert-OH is 1. The fourth-order valence-corrected chi connectivity index (χ4v) is 4.03. The number of nitrogens with zero attached hydrogens (tertiary/aromatic N) is 3. The summed E-state index contributed by atoms with van der Waals surface area (Å²) in [6.45, 7) is 0.853. The van der Waals surface area contributed by atoms with Crippen LogP contribution in [-0.4, -0.2) is 57.9 Å². The molecule has 2 unspecified atom stereocenters. The molecule has 1 saturated heterocycles. The molecule has 1 fully saturated rings. The summed E-state index contributed by atoms with van der Waals surface area (Å²) >= 11 is 0. The summed E-state index contributed by atoms with van der Waals surface area (Å²) in [6.07, 6.45) is -5.81. The molecule has 1 aliphatic rings. The van der Waals surface area contributed by atoms with Crippen LogP contribution in [0.5, 0.6) is 0 Å². The summed E-state index contributed by atoms with van der Waals surface area (Å²) in [7, 11) is 0. The summed E-state index contributed by atoms with van der Waals surface area (Å²) in [5.41, 5.74) is -3.63. The first kappa shape index (κ1) is 27.3. The second-order valence-corrected chi connectivity index (χ2v) is 8.70. The predicted octanol–water partition coefficient (Wildman–Crippen LogP) is 3.69. The zero-order chi connectivity index (χ0) is 28.2. The van der Waals surface area contributed by atoms with E-state index in [1.54, 1.807) is 4.90 Å². The van der Waals surface area contributed by atoms with Gasteiger partial charge in [-0.25, -0.2) is 18.2 Å². The Labute approximate surface area is 208 Å². The number of carbonyl (C=O) groups is 1. The normalized spacial score (nSPS) is 17.2. The third-order valence-electron chi connectivity index (χ3n) is 6.06. The summed E-state index contributed by atoms with van der Waals surface area (Å²) in [6, 6.07) is 0.195. The van der Waals surface area contributed by atoms with Gasteiger partial charge in [0.15, 0.2) is 17.3 Å². The molecule has 2 N–H and O–H groups in total. The first-order valence-corrected chi connectivity index (χ1v) is 11.0. The van der Waals surface area contributed by atoms with Crippen molar-refractivity contribution >= 4 is 22.8 Å². The SMILES string of the molecule is CC(NC(=O)c1cn(-c2c(F)cc(F)cc2F)c2nc(N3CCC(O)C3)ccc2c1=O)C(F)(F)C(F)(F)F. The molecule has 1 amide bonds. The van der Waals surface area contributed by atoms with E-state index >= 15 is 0 Å². The highest BCUT2D eigenvalue weighted by molar-refractivity contribution is 5.97. The molecule has 7 nitrogen and oxygen atoms in total. The molecule has 0 bridgehead atoms. The van der Waals surface area contributed by atoms with Crippen LogP contribution in [0, 0.1) is 17.5 Å². The van der Waals surface area contributed by atoms with Gasteiger partial charge >= 0.3 is 12.1 Å². The van der Waals surface area contributed by atoms with Crippen LogP contribution in [0.25, 0.3) is 16.7 Å². The number of amides is 1. The van der Waals surface area contributed by atoms with E-state index < -0.39 is 75.3 Å². The Morgan fingerprint density at radius 2 is 1.76 bits per heavy atom. The zero-order valence-electron chi connectivity index (χ0n) is 19.3. The molecule has 0 spiro atoms. The van der Waals surface area contributed by atoms with Crippen LogP contribution >= 0.6 is 0 Å². The van der Waals surface area contributed by atoms with Gasteiger partial charge in [-0.05, 0) is 25.5 Å². The maximum atomic E-state index is 14.7. The number of carbonyl (C=O) groups excluding carboxylic acids is 1. The van der Waals surface area contributed by atoms with Crippen LogP contribution in [0.2, 0.25) is 0 Å². The number of nitrogens with one attached hydrogen (secondary N) is 1. The molecule has 2 aromatic heterocycles. The van der Waals surface area contributed by atoms with Crippen molar-refractivity contribution in [1.82, 2.24) is 14.9 Å². The Hall–Kier alpha value is -3.75. The first-order valence-electron chi connectivity index (χ1n) is 11.0. The summed E-state index contributed by atoms with van der Waals surface area (Å²) < 4.78 is 109. The standard InChI is InChI=1S/C23H18F8N4O3/c1-10(22(27,28)23(29,30)31)32-21(38)14-9-35(18-15(25)6-11(24)7-16(18)26)20-13(19(14)37)2-3-17(33-20)34-5-4-12(36)8-34/h2-3,6-7,9-10,12,36H,4-5,8H2,1H3,(H,32,38). The number of pyridine rings is 2. The van der Waals surface area contributed by atoms with Crippen LogP contribution in [0.1, 0.15) is 23.7 Å². The van der Waals surface area contributed by atoms with Gasteiger partial charge < -0.3 is 15.3 Å². The highest BCUT2D eigenvalue weighted by Gasteiger charge is 2.61. The van der Waals surface area contributed by atoms with Crippen molar-refractivity contribution in [3.8, 4) is 5.69 Å². The van der Waals surface area contributed by atoms with Crippen LogP contribution in [-0.2, 0) is 0 Å². The van der Waals surface area contributed by atoms with E-state index in [-0.39, 0.29) is 12.4 Å². The topological polar surface area (TPSA) is 87.5 Å². The molecule has 1 aromatic carbocycles. The Bertz CT molecular complexity index is 1450.